The van der Waals surface area contributed by atoms with Gasteiger partial charge in [-0.15, -0.1) is 11.8 Å². The number of carbonyl (C=O) groups is 1. The Hall–Kier alpha value is -2.94. The number of ether oxygens (including phenoxy) is 1. The first-order valence-electron chi connectivity index (χ1n) is 16.9. The Labute approximate surface area is 296 Å². The van der Waals surface area contributed by atoms with Gasteiger partial charge in [-0.05, 0) is 91.3 Å². The molecule has 266 valence electrons. The topological polar surface area (TPSA) is 176 Å². The second-order valence-electron chi connectivity index (χ2n) is 12.8. The van der Waals surface area contributed by atoms with E-state index in [1.54, 1.807) is 11.8 Å². The van der Waals surface area contributed by atoms with E-state index in [4.69, 9.17) is 21.4 Å². The van der Waals surface area contributed by atoms with Crippen molar-refractivity contribution in [3.05, 3.63) is 77.1 Å². The highest BCUT2D eigenvalue weighted by molar-refractivity contribution is 7.99. The summed E-state index contributed by atoms with van der Waals surface area (Å²) in [5.74, 6) is 1.84. The highest BCUT2D eigenvalue weighted by Crippen LogP contribution is 2.50. The summed E-state index contributed by atoms with van der Waals surface area (Å²) in [4.78, 5) is 17.6. The Bertz CT molecular complexity index is 1530. The molecule has 2 fully saturated rings. The van der Waals surface area contributed by atoms with Gasteiger partial charge >= 0.3 is 6.03 Å². The number of pyridine rings is 1. The van der Waals surface area contributed by atoms with Crippen molar-refractivity contribution in [3.8, 4) is 16.9 Å². The number of aliphatic hydroxyl groups excluding tert-OH is 5. The highest BCUT2D eigenvalue weighted by Gasteiger charge is 2.46. The molecule has 2 aliphatic rings. The molecule has 0 saturated heterocycles. The number of thioether (sulfide) groups is 1. The van der Waals surface area contributed by atoms with Crippen LogP contribution in [0.5, 0.6) is 5.75 Å². The second kappa shape index (κ2) is 17.8. The van der Waals surface area contributed by atoms with Gasteiger partial charge in [-0.3, -0.25) is 4.98 Å². The van der Waals surface area contributed by atoms with Crippen molar-refractivity contribution in [2.24, 2.45) is 0 Å². The van der Waals surface area contributed by atoms with Crippen LogP contribution in [0.25, 0.3) is 11.1 Å². The number of para-hydroxylation sites is 1. The molecule has 4 atom stereocenters. The van der Waals surface area contributed by atoms with Crippen LogP contribution in [-0.2, 0) is 12.1 Å². The van der Waals surface area contributed by atoms with Crippen molar-refractivity contribution in [1.82, 2.24) is 20.9 Å². The maximum absolute atomic E-state index is 12.0. The summed E-state index contributed by atoms with van der Waals surface area (Å²) in [5.41, 5.74) is 4.31. The fourth-order valence-electron chi connectivity index (χ4n) is 5.61. The van der Waals surface area contributed by atoms with Gasteiger partial charge in [0, 0.05) is 53.0 Å². The van der Waals surface area contributed by atoms with Gasteiger partial charge in [-0.2, -0.15) is 0 Å². The number of halogens is 1. The van der Waals surface area contributed by atoms with Crippen molar-refractivity contribution in [1.29, 1.82) is 0 Å². The van der Waals surface area contributed by atoms with Gasteiger partial charge in [0.15, 0.2) is 0 Å². The van der Waals surface area contributed by atoms with Crippen molar-refractivity contribution in [2.45, 2.75) is 92.4 Å². The molecule has 0 aliphatic heterocycles. The Morgan fingerprint density at radius 3 is 2.51 bits per heavy atom. The average molecular weight is 715 g/mol. The van der Waals surface area contributed by atoms with E-state index in [9.17, 15) is 25.2 Å². The van der Waals surface area contributed by atoms with Crippen LogP contribution in [0.3, 0.4) is 0 Å². The summed E-state index contributed by atoms with van der Waals surface area (Å²) in [7, 11) is 0. The molecule has 8 N–H and O–H groups in total. The van der Waals surface area contributed by atoms with Crippen LogP contribution in [0, 0.1) is 0 Å². The third kappa shape index (κ3) is 10.5. The number of hydrogen-bond donors (Lipinski definition) is 8. The number of aromatic nitrogens is 1. The highest BCUT2D eigenvalue weighted by atomic mass is 35.5. The van der Waals surface area contributed by atoms with Crippen LogP contribution in [-0.4, -0.2) is 92.5 Å². The Kier molecular flexibility index (Phi) is 13.6. The summed E-state index contributed by atoms with van der Waals surface area (Å²) in [5, 5.41) is 57.3. The zero-order chi connectivity index (χ0) is 34.8. The fourth-order valence-corrected chi connectivity index (χ4v) is 6.77. The Morgan fingerprint density at radius 1 is 0.980 bits per heavy atom. The summed E-state index contributed by atoms with van der Waals surface area (Å²) in [6.07, 6.45) is 4.48. The number of unbranched alkanes of at least 4 members (excludes halogenated alkanes) is 2. The monoisotopic (exact) mass is 714 g/mol. The molecule has 49 heavy (non-hydrogen) atoms. The van der Waals surface area contributed by atoms with E-state index in [-0.39, 0.29) is 12.1 Å². The minimum atomic E-state index is -1.74. The van der Waals surface area contributed by atoms with E-state index < -0.39 is 37.1 Å². The van der Waals surface area contributed by atoms with Crippen LogP contribution in [0.2, 0.25) is 5.02 Å². The number of nitrogens with one attached hydrogen (secondary N) is 3. The van der Waals surface area contributed by atoms with E-state index in [1.165, 1.54) is 5.56 Å². The van der Waals surface area contributed by atoms with Crippen LogP contribution in [0.4, 0.5) is 4.79 Å². The maximum atomic E-state index is 12.0. The summed E-state index contributed by atoms with van der Waals surface area (Å²) in [6.45, 7) is -0.0147. The molecule has 13 heteroatoms. The first-order valence-corrected chi connectivity index (χ1v) is 18.3. The zero-order valence-corrected chi connectivity index (χ0v) is 29.0. The predicted octanol–water partition coefficient (Wildman–Crippen LogP) is 3.72. The van der Waals surface area contributed by atoms with Gasteiger partial charge in [0.25, 0.3) is 0 Å². The number of aliphatic hydroxyl groups is 5. The van der Waals surface area contributed by atoms with Crippen LogP contribution < -0.4 is 20.7 Å². The van der Waals surface area contributed by atoms with E-state index >= 15 is 0 Å². The van der Waals surface area contributed by atoms with Crippen molar-refractivity contribution in [3.63, 3.8) is 0 Å². The minimum absolute atomic E-state index is 0.166. The second-order valence-corrected chi connectivity index (χ2v) is 14.3. The van der Waals surface area contributed by atoms with Crippen molar-refractivity contribution >= 4 is 29.4 Å². The summed E-state index contributed by atoms with van der Waals surface area (Å²) >= 11 is 8.42. The SMILES string of the molecule is O=C(NCCCCCSc1ccc(Cl)c(CNC2(c3cnccc3-c3ccccc3OC3CC3)CC2)c1)NC[C@H](O)[C@@H](O)[C@H](O)[C@H](O)CO. The molecule has 0 radical (unpaired) electrons. The lowest BCUT2D eigenvalue weighted by molar-refractivity contribution is -0.113. The molecule has 1 heterocycles. The van der Waals surface area contributed by atoms with E-state index in [0.717, 1.165) is 83.1 Å². The molecule has 3 aromatic rings. The van der Waals surface area contributed by atoms with Gasteiger partial charge in [-0.1, -0.05) is 36.2 Å². The first-order chi connectivity index (χ1) is 23.7. The fraction of sp³-hybridized carbons (Fsp3) is 0.500. The van der Waals surface area contributed by atoms with E-state index in [1.807, 2.05) is 30.6 Å². The third-order valence-corrected chi connectivity index (χ3v) is 10.3. The number of carbonyl (C=O) groups excluding carboxylic acids is 1. The van der Waals surface area contributed by atoms with Gasteiger partial charge in [-0.25, -0.2) is 4.79 Å². The van der Waals surface area contributed by atoms with Crippen molar-refractivity contribution in [2.75, 3.05) is 25.4 Å². The number of urea groups is 1. The number of benzene rings is 2. The zero-order valence-electron chi connectivity index (χ0n) is 27.4. The molecule has 0 unspecified atom stereocenters. The van der Waals surface area contributed by atoms with Crippen LogP contribution in [0.1, 0.15) is 56.1 Å². The third-order valence-electron chi connectivity index (χ3n) is 8.89. The molecule has 2 aliphatic carbocycles. The number of nitrogens with zero attached hydrogens (tertiary/aromatic N) is 1. The van der Waals surface area contributed by atoms with Gasteiger partial charge < -0.3 is 46.2 Å². The standard InChI is InChI=1S/C36H47ClN4O7S/c37-29-11-10-25(49-17-5-1-4-15-39-35(47)40-21-30(43)33(45)34(46)31(44)22-42)18-23(29)19-41-36(13-14-36)28-20-38-16-12-26(28)27-6-2-3-7-32(27)48-24-8-9-24/h2-3,6-7,10-12,16,18,20,24,30-31,33-34,41-46H,1,4-5,8-9,13-15,17,19,21-22H2,(H2,39,40,47)/t30-,31+,33+,34+/m0/s1. The quantitative estimate of drug-likeness (QED) is 0.0636. The molecule has 11 nitrogen and oxygen atoms in total. The normalized spacial score (nSPS) is 17.5. The molecule has 2 aromatic carbocycles. The Morgan fingerprint density at radius 2 is 1.76 bits per heavy atom. The summed E-state index contributed by atoms with van der Waals surface area (Å²) < 4.78 is 6.25. The smallest absolute Gasteiger partial charge is 0.314 e. The number of rotatable bonds is 20. The van der Waals surface area contributed by atoms with Gasteiger partial charge in [0.1, 0.15) is 24.1 Å². The lowest BCUT2D eigenvalue weighted by Crippen LogP contribution is -2.50. The van der Waals surface area contributed by atoms with Gasteiger partial charge in [0.05, 0.1) is 18.8 Å². The minimum Gasteiger partial charge on any atom is -0.490 e. The predicted molar refractivity (Wildman–Crippen MR) is 190 cm³/mol. The van der Waals surface area contributed by atoms with Crippen LogP contribution >= 0.6 is 23.4 Å². The molecular formula is C36H47ClN4O7S. The molecule has 1 aromatic heterocycles. The number of amides is 2. The lowest BCUT2D eigenvalue weighted by Gasteiger charge is -2.25. The molecule has 0 spiro atoms. The van der Waals surface area contributed by atoms with Crippen LogP contribution in [0.15, 0.2) is 65.8 Å². The average Bonchev–Trinajstić information content (AvgIpc) is 4.07. The maximum Gasteiger partial charge on any atom is 0.314 e. The lowest BCUT2D eigenvalue weighted by atomic mass is 9.94. The molecule has 2 saturated carbocycles. The molecule has 2 amide bonds. The number of hydrogen-bond acceptors (Lipinski definition) is 10. The van der Waals surface area contributed by atoms with Gasteiger partial charge in [0.2, 0.25) is 0 Å². The Balaban J connectivity index is 1.04. The first kappa shape index (κ1) is 37.3. The molecule has 0 bridgehead atoms. The van der Waals surface area contributed by atoms with Crippen molar-refractivity contribution < 1.29 is 35.1 Å². The largest absolute Gasteiger partial charge is 0.490 e. The summed E-state index contributed by atoms with van der Waals surface area (Å²) in [6, 6.07) is 16.0. The van der Waals surface area contributed by atoms with E-state index in [0.29, 0.717) is 19.2 Å². The van der Waals surface area contributed by atoms with E-state index in [2.05, 4.69) is 51.3 Å². The molecular weight excluding hydrogens is 668 g/mol. The molecule has 5 rings (SSSR count).